The minimum absolute atomic E-state index is 0.245. The summed E-state index contributed by atoms with van der Waals surface area (Å²) in [5.74, 6) is -0.626. The van der Waals surface area contributed by atoms with Crippen molar-refractivity contribution in [3.05, 3.63) is 83.2 Å². The van der Waals surface area contributed by atoms with E-state index in [0.717, 1.165) is 36.2 Å². The van der Waals surface area contributed by atoms with E-state index in [9.17, 15) is 15.0 Å². The average molecular weight is 432 g/mol. The monoisotopic (exact) mass is 431 g/mol. The standard InChI is InChI=1S/C26H29N3O3/c1-17(30)18-6-8-21(9-7-18)29(2)22-10-11-23-19(14-22)4-3-5-20(23)15-28-25-16-27-13-12-24(25)26(31)32/h6-14,16-17,20,28,30H,3-5,15H2,1-2H3,(H,31,32)/t17?,20-/m0/s1. The molecule has 1 aromatic heterocycles. The number of nitrogens with zero attached hydrogens (tertiary/aromatic N) is 2. The molecule has 0 bridgehead atoms. The first-order valence-electron chi connectivity index (χ1n) is 11.0. The van der Waals surface area contributed by atoms with Gasteiger partial charge in [0.25, 0.3) is 0 Å². The molecular weight excluding hydrogens is 402 g/mol. The van der Waals surface area contributed by atoms with Crippen molar-refractivity contribution in [1.29, 1.82) is 0 Å². The molecular formula is C26H29N3O3. The lowest BCUT2D eigenvalue weighted by atomic mass is 9.82. The molecule has 166 valence electrons. The van der Waals surface area contributed by atoms with E-state index in [1.165, 1.54) is 23.4 Å². The summed E-state index contributed by atoms with van der Waals surface area (Å²) in [6.07, 6.45) is 5.82. The molecule has 0 amide bonds. The molecule has 6 heteroatoms. The topological polar surface area (TPSA) is 85.7 Å². The predicted molar refractivity (Wildman–Crippen MR) is 127 cm³/mol. The number of anilines is 3. The highest BCUT2D eigenvalue weighted by molar-refractivity contribution is 5.93. The number of benzene rings is 2. The van der Waals surface area contributed by atoms with E-state index < -0.39 is 12.1 Å². The van der Waals surface area contributed by atoms with Crippen LogP contribution in [-0.2, 0) is 6.42 Å². The number of aliphatic hydroxyl groups is 1. The summed E-state index contributed by atoms with van der Waals surface area (Å²) >= 11 is 0. The van der Waals surface area contributed by atoms with Crippen LogP contribution in [0.3, 0.4) is 0 Å². The van der Waals surface area contributed by atoms with Gasteiger partial charge in [-0.1, -0.05) is 18.2 Å². The van der Waals surface area contributed by atoms with Gasteiger partial charge in [-0.3, -0.25) is 4.98 Å². The maximum Gasteiger partial charge on any atom is 0.337 e. The highest BCUT2D eigenvalue weighted by Gasteiger charge is 2.22. The lowest BCUT2D eigenvalue weighted by Crippen LogP contribution is -2.20. The van der Waals surface area contributed by atoms with Crippen LogP contribution in [0.4, 0.5) is 17.1 Å². The first-order chi connectivity index (χ1) is 15.4. The molecule has 1 heterocycles. The zero-order chi connectivity index (χ0) is 22.7. The summed E-state index contributed by atoms with van der Waals surface area (Å²) in [5, 5.41) is 22.4. The number of carbonyl (C=O) groups is 1. The smallest absolute Gasteiger partial charge is 0.337 e. The number of hydrogen-bond acceptors (Lipinski definition) is 5. The molecule has 1 aliphatic rings. The lowest BCUT2D eigenvalue weighted by molar-refractivity contribution is 0.0697. The number of nitrogens with one attached hydrogen (secondary N) is 1. The van der Waals surface area contributed by atoms with Crippen molar-refractivity contribution in [2.24, 2.45) is 0 Å². The third-order valence-corrected chi connectivity index (χ3v) is 6.31. The van der Waals surface area contributed by atoms with E-state index in [-0.39, 0.29) is 5.56 Å². The second kappa shape index (κ2) is 9.40. The van der Waals surface area contributed by atoms with Crippen molar-refractivity contribution in [2.75, 3.05) is 23.8 Å². The number of aromatic carboxylic acids is 1. The molecule has 0 aliphatic heterocycles. The van der Waals surface area contributed by atoms with Crippen molar-refractivity contribution in [3.63, 3.8) is 0 Å². The van der Waals surface area contributed by atoms with Gasteiger partial charge < -0.3 is 20.4 Å². The Morgan fingerprint density at radius 2 is 1.94 bits per heavy atom. The number of aromatic nitrogens is 1. The van der Waals surface area contributed by atoms with Gasteiger partial charge in [-0.05, 0) is 73.2 Å². The molecule has 1 aliphatic carbocycles. The number of fused-ring (bicyclic) bond motifs is 1. The molecule has 0 radical (unpaired) electrons. The van der Waals surface area contributed by atoms with Crippen LogP contribution >= 0.6 is 0 Å². The number of aliphatic hydroxyl groups excluding tert-OH is 1. The number of rotatable bonds is 7. The van der Waals surface area contributed by atoms with Gasteiger partial charge in [0.15, 0.2) is 0 Å². The molecule has 0 saturated carbocycles. The van der Waals surface area contributed by atoms with Crippen LogP contribution in [0.5, 0.6) is 0 Å². The number of carboxylic acid groups (broad SMARTS) is 1. The third kappa shape index (κ3) is 4.60. The normalized spacial score (nSPS) is 16.2. The van der Waals surface area contributed by atoms with Crippen LogP contribution in [0.25, 0.3) is 0 Å². The Balaban J connectivity index is 1.51. The van der Waals surface area contributed by atoms with E-state index in [0.29, 0.717) is 18.2 Å². The summed E-state index contributed by atoms with van der Waals surface area (Å²) in [5.41, 5.74) is 6.58. The van der Waals surface area contributed by atoms with Gasteiger partial charge in [0.2, 0.25) is 0 Å². The summed E-state index contributed by atoms with van der Waals surface area (Å²) in [4.78, 5) is 17.7. The Morgan fingerprint density at radius 3 is 2.66 bits per heavy atom. The molecule has 3 N–H and O–H groups in total. The number of aryl methyl sites for hydroxylation is 1. The SMILES string of the molecule is CC(O)c1ccc(N(C)c2ccc3c(c2)CCC[C@H]3CNc2cnccc2C(=O)O)cc1. The van der Waals surface area contributed by atoms with Crippen LogP contribution in [0.15, 0.2) is 60.9 Å². The maximum atomic E-state index is 11.5. The summed E-state index contributed by atoms with van der Waals surface area (Å²) in [6, 6.07) is 16.1. The molecule has 0 fully saturated rings. The molecule has 32 heavy (non-hydrogen) atoms. The highest BCUT2D eigenvalue weighted by Crippen LogP contribution is 2.35. The molecule has 0 saturated heterocycles. The fraction of sp³-hybridized carbons (Fsp3) is 0.308. The van der Waals surface area contributed by atoms with Crippen molar-refractivity contribution in [1.82, 2.24) is 4.98 Å². The molecule has 4 rings (SSSR count). The predicted octanol–water partition coefficient (Wildman–Crippen LogP) is 5.13. The highest BCUT2D eigenvalue weighted by atomic mass is 16.4. The van der Waals surface area contributed by atoms with Crippen molar-refractivity contribution < 1.29 is 15.0 Å². The maximum absolute atomic E-state index is 11.5. The summed E-state index contributed by atoms with van der Waals surface area (Å²) < 4.78 is 0. The second-order valence-electron chi connectivity index (χ2n) is 8.41. The second-order valence-corrected chi connectivity index (χ2v) is 8.41. The first-order valence-corrected chi connectivity index (χ1v) is 11.0. The molecule has 6 nitrogen and oxygen atoms in total. The van der Waals surface area contributed by atoms with Crippen LogP contribution < -0.4 is 10.2 Å². The molecule has 2 atom stereocenters. The van der Waals surface area contributed by atoms with E-state index in [1.54, 1.807) is 13.1 Å². The van der Waals surface area contributed by atoms with E-state index in [1.807, 2.05) is 24.3 Å². The average Bonchev–Trinajstić information content (AvgIpc) is 2.82. The van der Waals surface area contributed by atoms with E-state index in [2.05, 4.69) is 40.4 Å². The zero-order valence-electron chi connectivity index (χ0n) is 18.5. The summed E-state index contributed by atoms with van der Waals surface area (Å²) in [6.45, 7) is 2.44. The number of carboxylic acids is 1. The molecule has 0 spiro atoms. The lowest BCUT2D eigenvalue weighted by Gasteiger charge is -2.28. The number of pyridine rings is 1. The Kier molecular flexibility index (Phi) is 6.42. The quantitative estimate of drug-likeness (QED) is 0.481. The van der Waals surface area contributed by atoms with E-state index in [4.69, 9.17) is 0 Å². The van der Waals surface area contributed by atoms with Crippen molar-refractivity contribution in [2.45, 2.75) is 38.2 Å². The third-order valence-electron chi connectivity index (χ3n) is 6.31. The minimum Gasteiger partial charge on any atom is -0.478 e. The van der Waals surface area contributed by atoms with Crippen LogP contribution in [0.2, 0.25) is 0 Å². The molecule has 1 unspecified atom stereocenters. The van der Waals surface area contributed by atoms with Gasteiger partial charge in [-0.2, -0.15) is 0 Å². The van der Waals surface area contributed by atoms with E-state index >= 15 is 0 Å². The Hall–Kier alpha value is -3.38. The zero-order valence-corrected chi connectivity index (χ0v) is 18.5. The fourth-order valence-corrected chi connectivity index (χ4v) is 4.40. The van der Waals surface area contributed by atoms with Crippen molar-refractivity contribution in [3.8, 4) is 0 Å². The molecule has 3 aromatic rings. The molecule has 2 aromatic carbocycles. The van der Waals surface area contributed by atoms with Gasteiger partial charge in [-0.15, -0.1) is 0 Å². The van der Waals surface area contributed by atoms with Crippen LogP contribution in [-0.4, -0.2) is 34.8 Å². The minimum atomic E-state index is -0.951. The summed E-state index contributed by atoms with van der Waals surface area (Å²) in [7, 11) is 2.05. The van der Waals surface area contributed by atoms with Crippen LogP contribution in [0, 0.1) is 0 Å². The Bertz CT molecular complexity index is 1100. The van der Waals surface area contributed by atoms with Crippen molar-refractivity contribution >= 4 is 23.0 Å². The van der Waals surface area contributed by atoms with Gasteiger partial charge in [-0.25, -0.2) is 4.79 Å². The largest absolute Gasteiger partial charge is 0.478 e. The van der Waals surface area contributed by atoms with Crippen LogP contribution in [0.1, 0.15) is 58.8 Å². The Morgan fingerprint density at radius 1 is 1.19 bits per heavy atom. The van der Waals surface area contributed by atoms with Gasteiger partial charge in [0, 0.05) is 37.1 Å². The number of hydrogen-bond donors (Lipinski definition) is 3. The van der Waals surface area contributed by atoms with Gasteiger partial charge >= 0.3 is 5.97 Å². The van der Waals surface area contributed by atoms with Gasteiger partial charge in [0.05, 0.1) is 23.6 Å². The fourth-order valence-electron chi connectivity index (χ4n) is 4.40. The van der Waals surface area contributed by atoms with Gasteiger partial charge in [0.1, 0.15) is 0 Å². The Labute approximate surface area is 188 Å². The first kappa shape index (κ1) is 21.8.